The number of hydrogen-bond acceptors (Lipinski definition) is 5. The first kappa shape index (κ1) is 21.4. The Bertz CT molecular complexity index is 517. The maximum absolute atomic E-state index is 12.2. The lowest BCUT2D eigenvalue weighted by Crippen LogP contribution is -2.44. The first-order valence-corrected chi connectivity index (χ1v) is 14.2. The van der Waals surface area contributed by atoms with E-state index in [-0.39, 0.29) is 22.5 Å². The second kappa shape index (κ2) is 7.99. The second-order valence-electron chi connectivity index (χ2n) is 9.24. The number of esters is 1. The van der Waals surface area contributed by atoms with Crippen molar-refractivity contribution in [2.24, 2.45) is 5.41 Å². The predicted molar refractivity (Wildman–Crippen MR) is 113 cm³/mol. The molecule has 2 aliphatic heterocycles. The van der Waals surface area contributed by atoms with Crippen molar-refractivity contribution >= 4 is 37.8 Å². The number of hydrogen-bond donors (Lipinski definition) is 0. The van der Waals surface area contributed by atoms with E-state index in [1.165, 1.54) is 17.9 Å². The third-order valence-corrected chi connectivity index (χ3v) is 13.7. The van der Waals surface area contributed by atoms with Gasteiger partial charge in [0.05, 0.1) is 10.2 Å². The molecule has 2 saturated heterocycles. The summed E-state index contributed by atoms with van der Waals surface area (Å²) in [6.07, 6.45) is 4.09. The van der Waals surface area contributed by atoms with Crippen LogP contribution in [0.3, 0.4) is 0 Å². The van der Waals surface area contributed by atoms with Gasteiger partial charge in [-0.25, -0.2) is 4.79 Å². The summed E-state index contributed by atoms with van der Waals surface area (Å²) < 4.78 is 12.4. The van der Waals surface area contributed by atoms with Crippen LogP contribution in [0.5, 0.6) is 0 Å². The molecule has 2 fully saturated rings. The number of ether oxygens (including phenoxy) is 1. The van der Waals surface area contributed by atoms with Crippen LogP contribution >= 0.6 is 23.5 Å². The average Bonchev–Trinajstić information content (AvgIpc) is 2.85. The van der Waals surface area contributed by atoms with E-state index in [1.54, 1.807) is 0 Å². The summed E-state index contributed by atoms with van der Waals surface area (Å²) in [4.78, 5) is 12.2. The Labute approximate surface area is 163 Å². The van der Waals surface area contributed by atoms with Crippen LogP contribution in [0.1, 0.15) is 47.5 Å². The van der Waals surface area contributed by atoms with Crippen molar-refractivity contribution < 1.29 is 14.0 Å². The molecule has 2 heterocycles. The third-order valence-electron chi connectivity index (χ3n) is 5.50. The molecule has 1 atom stereocenters. The molecule has 144 valence electrons. The number of carbonyl (C=O) groups is 1. The zero-order chi connectivity index (χ0) is 18.9. The highest BCUT2D eigenvalue weighted by molar-refractivity contribution is 8.17. The number of thioether (sulfide) groups is 2. The number of allylic oxidation sites excluding steroid dienone is 1. The minimum absolute atomic E-state index is 0.123. The molecule has 1 unspecified atom stereocenters. The molecular weight excluding hydrogens is 368 g/mol. The zero-order valence-corrected chi connectivity index (χ0v) is 19.4. The molecule has 0 aromatic carbocycles. The maximum atomic E-state index is 12.2. The van der Waals surface area contributed by atoms with Gasteiger partial charge in [-0.1, -0.05) is 40.7 Å². The number of rotatable bonds is 5. The Morgan fingerprint density at radius 2 is 1.80 bits per heavy atom. The van der Waals surface area contributed by atoms with Gasteiger partial charge in [0, 0.05) is 0 Å². The number of carbonyl (C=O) groups excluding carboxylic acids is 1. The Morgan fingerprint density at radius 3 is 2.36 bits per heavy atom. The van der Waals surface area contributed by atoms with E-state index < -0.39 is 8.32 Å². The van der Waals surface area contributed by atoms with Crippen molar-refractivity contribution in [3.05, 3.63) is 11.6 Å². The average molecular weight is 403 g/mol. The Balaban J connectivity index is 2.09. The van der Waals surface area contributed by atoms with Crippen molar-refractivity contribution in [1.82, 2.24) is 0 Å². The summed E-state index contributed by atoms with van der Waals surface area (Å²) >= 11 is 4.12. The first-order valence-electron chi connectivity index (χ1n) is 9.22. The van der Waals surface area contributed by atoms with E-state index in [2.05, 4.69) is 77.3 Å². The molecule has 6 heteroatoms. The number of cyclic esters (lactones) is 1. The molecule has 0 saturated carbocycles. The van der Waals surface area contributed by atoms with Gasteiger partial charge in [0.25, 0.3) is 0 Å². The van der Waals surface area contributed by atoms with Gasteiger partial charge < -0.3 is 9.16 Å². The van der Waals surface area contributed by atoms with E-state index in [0.29, 0.717) is 11.2 Å². The molecular formula is C19H34O3S2Si. The molecule has 0 aliphatic carbocycles. The van der Waals surface area contributed by atoms with E-state index in [0.717, 1.165) is 12.0 Å². The van der Waals surface area contributed by atoms with Crippen molar-refractivity contribution in [2.45, 2.75) is 76.3 Å². The van der Waals surface area contributed by atoms with Gasteiger partial charge in [0.2, 0.25) is 0 Å². The molecule has 2 rings (SSSR count). The van der Waals surface area contributed by atoms with Crippen molar-refractivity contribution in [1.29, 1.82) is 0 Å². The standard InChI is InChI=1S/C19H34O3S2Si/c1-18(2,3)25(6,7)22-15-13-21-16(20)14(15)9-10-19(4,5)17-23-11-8-12-24-17/h9,15,17H,8,10-13H2,1-7H3/b14-9+. The zero-order valence-electron chi connectivity index (χ0n) is 16.8. The predicted octanol–water partition coefficient (Wildman–Crippen LogP) is 5.47. The fourth-order valence-corrected chi connectivity index (χ4v) is 7.26. The van der Waals surface area contributed by atoms with Crippen LogP contribution in [0.4, 0.5) is 0 Å². The molecule has 0 bridgehead atoms. The van der Waals surface area contributed by atoms with Crippen molar-refractivity contribution in [3.63, 3.8) is 0 Å². The highest BCUT2D eigenvalue weighted by Gasteiger charge is 2.43. The molecule has 2 aliphatic rings. The molecule has 0 amide bonds. The fourth-order valence-electron chi connectivity index (χ4n) is 2.71. The minimum Gasteiger partial charge on any atom is -0.459 e. The van der Waals surface area contributed by atoms with E-state index in [9.17, 15) is 4.79 Å². The van der Waals surface area contributed by atoms with Crippen LogP contribution in [-0.2, 0) is 14.0 Å². The SMILES string of the molecule is CC(C)(C/C=C1/C(=O)OCC1O[Si](C)(C)C(C)(C)C)C1SCCCS1. The highest BCUT2D eigenvalue weighted by Crippen LogP contribution is 2.45. The highest BCUT2D eigenvalue weighted by atomic mass is 32.2. The lowest BCUT2D eigenvalue weighted by Gasteiger charge is -2.38. The molecule has 0 aromatic heterocycles. The van der Waals surface area contributed by atoms with Gasteiger partial charge in [-0.2, -0.15) is 0 Å². The quantitative estimate of drug-likeness (QED) is 0.346. The largest absolute Gasteiger partial charge is 0.459 e. The lowest BCUT2D eigenvalue weighted by atomic mass is 9.90. The smallest absolute Gasteiger partial charge is 0.336 e. The molecule has 0 N–H and O–H groups in total. The minimum atomic E-state index is -1.93. The van der Waals surface area contributed by atoms with Gasteiger partial charge >= 0.3 is 5.97 Å². The van der Waals surface area contributed by atoms with Gasteiger partial charge in [0.15, 0.2) is 8.32 Å². The van der Waals surface area contributed by atoms with Crippen LogP contribution in [-0.4, -0.2) is 43.1 Å². The molecule has 25 heavy (non-hydrogen) atoms. The van der Waals surface area contributed by atoms with Crippen molar-refractivity contribution in [3.8, 4) is 0 Å². The summed E-state index contributed by atoms with van der Waals surface area (Å²) in [5.41, 5.74) is 0.899. The Hall–Kier alpha value is 0.0869. The lowest BCUT2D eigenvalue weighted by molar-refractivity contribution is -0.135. The van der Waals surface area contributed by atoms with E-state index >= 15 is 0 Å². The third kappa shape index (κ3) is 5.30. The van der Waals surface area contributed by atoms with Crippen LogP contribution in [0, 0.1) is 5.41 Å². The monoisotopic (exact) mass is 402 g/mol. The van der Waals surface area contributed by atoms with Crippen molar-refractivity contribution in [2.75, 3.05) is 18.1 Å². The second-order valence-corrected chi connectivity index (χ2v) is 16.7. The molecule has 0 aromatic rings. The van der Waals surface area contributed by atoms with Gasteiger partial charge in [-0.3, -0.25) is 0 Å². The van der Waals surface area contributed by atoms with Crippen LogP contribution < -0.4 is 0 Å². The van der Waals surface area contributed by atoms with Crippen LogP contribution in [0.2, 0.25) is 18.1 Å². The normalized spacial score (nSPS) is 25.5. The summed E-state index contributed by atoms with van der Waals surface area (Å²) in [7, 11) is -1.93. The summed E-state index contributed by atoms with van der Waals surface area (Å²) in [6.45, 7) is 16.1. The molecule has 3 nitrogen and oxygen atoms in total. The topological polar surface area (TPSA) is 35.5 Å². The van der Waals surface area contributed by atoms with Gasteiger partial charge in [-0.05, 0) is 47.9 Å². The van der Waals surface area contributed by atoms with Gasteiger partial charge in [-0.15, -0.1) is 23.5 Å². The Kier molecular flexibility index (Phi) is 6.83. The fraction of sp³-hybridized carbons (Fsp3) is 0.842. The summed E-state index contributed by atoms with van der Waals surface area (Å²) in [6, 6.07) is 0. The van der Waals surface area contributed by atoms with E-state index in [4.69, 9.17) is 9.16 Å². The molecule has 0 radical (unpaired) electrons. The maximum Gasteiger partial charge on any atom is 0.336 e. The van der Waals surface area contributed by atoms with E-state index in [1.807, 2.05) is 0 Å². The first-order chi connectivity index (χ1) is 11.4. The molecule has 0 spiro atoms. The van der Waals surface area contributed by atoms with Crippen LogP contribution in [0.15, 0.2) is 11.6 Å². The van der Waals surface area contributed by atoms with Gasteiger partial charge in [0.1, 0.15) is 12.7 Å². The van der Waals surface area contributed by atoms with Crippen LogP contribution in [0.25, 0.3) is 0 Å². The Morgan fingerprint density at radius 1 is 1.20 bits per heavy atom. The summed E-state index contributed by atoms with van der Waals surface area (Å²) in [5.74, 6) is 2.30. The summed E-state index contributed by atoms with van der Waals surface area (Å²) in [5, 5.41) is 0.123.